The Morgan fingerprint density at radius 1 is 0.273 bits per heavy atom. The molecule has 4 heteroatoms. The van der Waals surface area contributed by atoms with E-state index in [1.165, 1.54) is 77.0 Å². The molecule has 0 saturated heterocycles. The number of anilines is 6. The van der Waals surface area contributed by atoms with Gasteiger partial charge in [-0.2, -0.15) is 0 Å². The van der Waals surface area contributed by atoms with Gasteiger partial charge in [-0.25, -0.2) is 0 Å². The number of fused-ring (bicyclic) bond motifs is 10. The maximum absolute atomic E-state index is 2.62. The molecule has 0 unspecified atom stereocenters. The first-order valence-corrected chi connectivity index (χ1v) is 29.2. The molecule has 10 aromatic rings. The van der Waals surface area contributed by atoms with E-state index in [1.807, 2.05) is 0 Å². The maximum Gasteiger partial charge on any atom is 0.113 e. The third-order valence-corrected chi connectivity index (χ3v) is 21.6. The van der Waals surface area contributed by atoms with Crippen molar-refractivity contribution >= 4 is 81.8 Å². The molecule has 2 aliphatic rings. The largest absolute Gasteiger partial charge is 0.311 e. The summed E-state index contributed by atoms with van der Waals surface area (Å²) in [6.07, 6.45) is 0. The van der Waals surface area contributed by atoms with Crippen LogP contribution in [0, 0.1) is 0 Å². The number of para-hydroxylation sites is 2. The van der Waals surface area contributed by atoms with E-state index < -0.39 is 16.1 Å². The second kappa shape index (κ2) is 15.6. The molecule has 0 atom stereocenters. The van der Waals surface area contributed by atoms with E-state index in [-0.39, 0.29) is 0 Å². The van der Waals surface area contributed by atoms with Gasteiger partial charge in [0.05, 0.1) is 0 Å². The molecule has 2 aliphatic heterocycles. The quantitative estimate of drug-likeness (QED) is 0.140. The number of hydrogen-bond acceptors (Lipinski definition) is 2. The van der Waals surface area contributed by atoms with Crippen molar-refractivity contribution in [1.29, 1.82) is 0 Å². The average Bonchev–Trinajstić information content (AvgIpc) is 3.75. The molecule has 10 aromatic carbocycles. The van der Waals surface area contributed by atoms with Crippen LogP contribution in [0.25, 0.3) is 55.3 Å². The first-order chi connectivity index (χ1) is 32.3. The topological polar surface area (TPSA) is 6.48 Å². The molecule has 0 radical (unpaired) electrons. The third kappa shape index (κ3) is 6.35. The fourth-order valence-corrected chi connectivity index (χ4v) is 19.7. The summed E-state index contributed by atoms with van der Waals surface area (Å²) in [5, 5.41) is 9.08. The van der Waals surface area contributed by atoms with Gasteiger partial charge in [0.25, 0.3) is 0 Å². The summed E-state index contributed by atoms with van der Waals surface area (Å²) in [5.74, 6) is 0. The van der Waals surface area contributed by atoms with Gasteiger partial charge in [-0.3, -0.25) is 0 Å². The number of nitrogens with zero attached hydrogens (tertiary/aromatic N) is 2. The lowest BCUT2D eigenvalue weighted by atomic mass is 9.92. The van der Waals surface area contributed by atoms with Crippen LogP contribution in [0.3, 0.4) is 0 Å². The molecule has 0 amide bonds. The molecule has 2 nitrogen and oxygen atoms in total. The predicted molar refractivity (Wildman–Crippen MR) is 289 cm³/mol. The minimum atomic E-state index is -2.29. The first kappa shape index (κ1) is 40.0. The van der Waals surface area contributed by atoms with Crippen molar-refractivity contribution in [3.05, 3.63) is 231 Å². The lowest BCUT2D eigenvalue weighted by molar-refractivity contribution is 1.29. The normalized spacial score (nSPS) is 13.7. The molecule has 0 N–H and O–H groups in total. The van der Waals surface area contributed by atoms with Gasteiger partial charge in [0, 0.05) is 34.1 Å². The molecule has 12 rings (SSSR count). The molecule has 0 saturated carbocycles. The van der Waals surface area contributed by atoms with Crippen LogP contribution in [0.2, 0.25) is 26.2 Å². The summed E-state index contributed by atoms with van der Waals surface area (Å²) >= 11 is 0. The van der Waals surface area contributed by atoms with Crippen molar-refractivity contribution in [2.45, 2.75) is 26.2 Å². The van der Waals surface area contributed by atoms with Crippen molar-refractivity contribution in [1.82, 2.24) is 0 Å². The van der Waals surface area contributed by atoms with Crippen LogP contribution in [0.1, 0.15) is 0 Å². The van der Waals surface area contributed by atoms with Crippen LogP contribution in [0.15, 0.2) is 231 Å². The van der Waals surface area contributed by atoms with Crippen molar-refractivity contribution in [2.75, 3.05) is 9.80 Å². The Morgan fingerprint density at radius 2 is 0.561 bits per heavy atom. The van der Waals surface area contributed by atoms with Crippen molar-refractivity contribution in [3.63, 3.8) is 0 Å². The summed E-state index contributed by atoms with van der Waals surface area (Å²) in [7, 11) is -4.58. The minimum absolute atomic E-state index is 1.15. The highest BCUT2D eigenvalue weighted by atomic mass is 28.3. The molecule has 66 heavy (non-hydrogen) atoms. The monoisotopic (exact) mass is 878 g/mol. The Balaban J connectivity index is 0.991. The van der Waals surface area contributed by atoms with Crippen LogP contribution in [0.5, 0.6) is 0 Å². The van der Waals surface area contributed by atoms with E-state index >= 15 is 0 Å². The Labute approximate surface area is 390 Å². The van der Waals surface area contributed by atoms with Gasteiger partial charge in [-0.1, -0.05) is 184 Å². The highest BCUT2D eigenvalue weighted by Gasteiger charge is 2.49. The first-order valence-electron chi connectivity index (χ1n) is 23.2. The number of benzene rings is 10. The van der Waals surface area contributed by atoms with Gasteiger partial charge in [-0.05, 0) is 149 Å². The number of hydrogen-bond donors (Lipinski definition) is 0. The van der Waals surface area contributed by atoms with Gasteiger partial charge in [-0.15, -0.1) is 0 Å². The zero-order valence-corrected chi connectivity index (χ0v) is 39.8. The fraction of sp³-hybridized carbons (Fsp3) is 0.0645. The molecule has 0 fully saturated rings. The summed E-state index contributed by atoms with van der Waals surface area (Å²) in [6, 6.07) is 85.2. The van der Waals surface area contributed by atoms with E-state index in [2.05, 4.69) is 267 Å². The van der Waals surface area contributed by atoms with Gasteiger partial charge < -0.3 is 9.80 Å². The van der Waals surface area contributed by atoms with E-state index in [4.69, 9.17) is 0 Å². The summed E-state index contributed by atoms with van der Waals surface area (Å²) < 4.78 is 0. The highest BCUT2D eigenvalue weighted by molar-refractivity contribution is 7.13. The lowest BCUT2D eigenvalue weighted by Crippen LogP contribution is -2.63. The van der Waals surface area contributed by atoms with Gasteiger partial charge in [0.2, 0.25) is 0 Å². The molecule has 316 valence electrons. The molecular formula is C62H50N2Si2. The van der Waals surface area contributed by atoms with Crippen molar-refractivity contribution < 1.29 is 0 Å². The zero-order valence-electron chi connectivity index (χ0n) is 37.8. The van der Waals surface area contributed by atoms with E-state index in [9.17, 15) is 0 Å². The smallest absolute Gasteiger partial charge is 0.113 e. The average molecular weight is 879 g/mol. The van der Waals surface area contributed by atoms with Crippen LogP contribution in [-0.4, -0.2) is 16.1 Å². The SMILES string of the molecule is C[Si]1(C)c2cc(N(c3ccccc3)c3ccc(-c4ccccc4)cc3)ccc2-c2c1c1c(c3ccccc23)-c2ccc(N(c3ccccc3)c3ccc(-c4ccccc4)cc3)cc2[Si]1(C)C. The molecular weight excluding hydrogens is 829 g/mol. The molecule has 0 aromatic heterocycles. The maximum atomic E-state index is 2.62. The Kier molecular flexibility index (Phi) is 9.46. The zero-order chi connectivity index (χ0) is 44.6. The molecule has 2 heterocycles. The van der Waals surface area contributed by atoms with Crippen LogP contribution >= 0.6 is 0 Å². The Morgan fingerprint density at radius 3 is 0.924 bits per heavy atom. The van der Waals surface area contributed by atoms with Crippen LogP contribution < -0.4 is 30.5 Å². The van der Waals surface area contributed by atoms with Crippen LogP contribution in [-0.2, 0) is 0 Å². The van der Waals surface area contributed by atoms with Crippen LogP contribution in [0.4, 0.5) is 34.1 Å². The van der Waals surface area contributed by atoms with E-state index in [0.717, 1.165) is 22.7 Å². The van der Waals surface area contributed by atoms with E-state index in [1.54, 1.807) is 10.4 Å². The van der Waals surface area contributed by atoms with Crippen molar-refractivity contribution in [2.24, 2.45) is 0 Å². The Bertz CT molecular complexity index is 3210. The third-order valence-electron chi connectivity index (χ3n) is 14.4. The summed E-state index contributed by atoms with van der Waals surface area (Å²) in [4.78, 5) is 4.88. The lowest BCUT2D eigenvalue weighted by Gasteiger charge is -2.30. The Hall–Kier alpha value is -7.51. The second-order valence-electron chi connectivity index (χ2n) is 18.9. The predicted octanol–water partition coefficient (Wildman–Crippen LogP) is 14.7. The fourth-order valence-electron chi connectivity index (χ4n) is 11.2. The van der Waals surface area contributed by atoms with E-state index in [0.29, 0.717) is 0 Å². The highest BCUT2D eigenvalue weighted by Crippen LogP contribution is 2.45. The van der Waals surface area contributed by atoms with Gasteiger partial charge >= 0.3 is 0 Å². The molecule has 0 aliphatic carbocycles. The second-order valence-corrected chi connectivity index (χ2v) is 27.5. The summed E-state index contributed by atoms with van der Waals surface area (Å²) in [6.45, 7) is 10.5. The van der Waals surface area contributed by atoms with Gasteiger partial charge in [0.1, 0.15) is 16.1 Å². The summed E-state index contributed by atoms with van der Waals surface area (Å²) in [5.41, 5.74) is 17.7. The standard InChI is InChI=1S/C62H50N2Si2/c1-65(2)57-41-51(63(47-23-13-7-14-24-47)49-33-29-45(30-34-49)43-19-9-5-10-20-43)37-39-55(57)59-53-27-17-18-28-54(53)60-56-40-38-52(42-58(56)66(3,4)62(60)61(59)65)64(48-25-15-8-16-26-48)50-35-31-46(32-36-50)44-21-11-6-12-22-44/h5-42H,1-4H3. The molecule has 0 bridgehead atoms. The number of rotatable bonds is 8. The van der Waals surface area contributed by atoms with Gasteiger partial charge in [0.15, 0.2) is 0 Å². The minimum Gasteiger partial charge on any atom is -0.311 e. The molecule has 0 spiro atoms. The van der Waals surface area contributed by atoms with Crippen molar-refractivity contribution in [3.8, 4) is 44.5 Å².